The van der Waals surface area contributed by atoms with Crippen LogP contribution in [0.1, 0.15) is 35.2 Å². The molecule has 1 fully saturated rings. The highest BCUT2D eigenvalue weighted by atomic mass is 35.5. The summed E-state index contributed by atoms with van der Waals surface area (Å²) < 4.78 is 85.8. The number of hydrogen-bond donors (Lipinski definition) is 3. The fraction of sp³-hybridized carbons (Fsp3) is 0.481. The molecule has 9 nitrogen and oxygen atoms in total. The van der Waals surface area contributed by atoms with Crippen LogP contribution >= 0.6 is 23.2 Å². The number of likely N-dealkylation sites (tertiary alicyclic amines) is 1. The van der Waals surface area contributed by atoms with Crippen molar-refractivity contribution in [1.82, 2.24) is 4.90 Å². The molecule has 2 aromatic rings. The zero-order valence-corrected chi connectivity index (χ0v) is 24.2. The van der Waals surface area contributed by atoms with Crippen LogP contribution in [0.15, 0.2) is 30.3 Å². The van der Waals surface area contributed by atoms with Crippen molar-refractivity contribution < 1.29 is 65.5 Å². The van der Waals surface area contributed by atoms with Crippen molar-refractivity contribution in [2.75, 3.05) is 32.8 Å². The maximum atomic E-state index is 12.4. The van der Waals surface area contributed by atoms with E-state index in [1.54, 1.807) is 6.07 Å². The molecule has 0 unspecified atom stereocenters. The van der Waals surface area contributed by atoms with Crippen LogP contribution in [0.25, 0.3) is 0 Å². The molecule has 0 bridgehead atoms. The summed E-state index contributed by atoms with van der Waals surface area (Å²) in [6.07, 6.45) is -9.31. The number of ether oxygens (including phenoxy) is 3. The molecule has 1 saturated heterocycles. The smallest absolute Gasteiger partial charge is 0.490 e. The van der Waals surface area contributed by atoms with Crippen molar-refractivity contribution in [2.24, 2.45) is 0 Å². The van der Waals surface area contributed by atoms with Crippen molar-refractivity contribution in [3.05, 3.63) is 51.5 Å². The molecule has 0 saturated carbocycles. The number of aliphatic carboxylic acids is 1. The molecular formula is C27H27Cl2F6NO8. The van der Waals surface area contributed by atoms with Crippen molar-refractivity contribution in [3.8, 4) is 17.2 Å². The standard InChI is InChI=1S/C25H26Cl2F3NO6.C2HF3O2/c26-16-1-2-20-15(9-16)12-24(37-20)3-6-31(7-4-24)13-17(32)14-36-21-11-22(35-8-5-25(28,29)30)19(27)10-18(21)23(33)34;3-2(4,5)1(6)7/h1-2,9-11,17,32H,3-8,12-14H2,(H,33,34);(H,6,7)/t17-;/m1./s1. The maximum absolute atomic E-state index is 12.4. The molecule has 1 spiro atoms. The predicted octanol–water partition coefficient (Wildman–Crippen LogP) is 5.87. The summed E-state index contributed by atoms with van der Waals surface area (Å²) in [5, 5.41) is 27.6. The quantitative estimate of drug-likeness (QED) is 0.280. The van der Waals surface area contributed by atoms with E-state index in [9.17, 15) is 41.4 Å². The Bertz CT molecular complexity index is 1330. The number of hydrogen-bond acceptors (Lipinski definition) is 7. The van der Waals surface area contributed by atoms with E-state index in [0.29, 0.717) is 24.7 Å². The van der Waals surface area contributed by atoms with Crippen LogP contribution in [0.4, 0.5) is 26.3 Å². The lowest BCUT2D eigenvalue weighted by molar-refractivity contribution is -0.192. The highest BCUT2D eigenvalue weighted by molar-refractivity contribution is 6.32. The van der Waals surface area contributed by atoms with Gasteiger partial charge in [0.1, 0.15) is 41.1 Å². The summed E-state index contributed by atoms with van der Waals surface area (Å²) in [7, 11) is 0. The molecule has 44 heavy (non-hydrogen) atoms. The second kappa shape index (κ2) is 14.3. The second-order valence-corrected chi connectivity index (χ2v) is 10.9. The summed E-state index contributed by atoms with van der Waals surface area (Å²) in [5.41, 5.74) is 0.513. The largest absolute Gasteiger partial charge is 0.492 e. The number of fused-ring (bicyclic) bond motifs is 1. The molecule has 2 aromatic carbocycles. The molecule has 2 aliphatic rings. The Morgan fingerprint density at radius 3 is 2.20 bits per heavy atom. The van der Waals surface area contributed by atoms with Crippen LogP contribution in [0.5, 0.6) is 17.2 Å². The zero-order valence-electron chi connectivity index (χ0n) is 22.7. The number of halogens is 8. The van der Waals surface area contributed by atoms with Crippen LogP contribution in [-0.2, 0) is 11.2 Å². The van der Waals surface area contributed by atoms with E-state index in [1.165, 1.54) is 0 Å². The van der Waals surface area contributed by atoms with Gasteiger partial charge in [-0.15, -0.1) is 0 Å². The third kappa shape index (κ3) is 10.2. The number of nitrogens with zero attached hydrogens (tertiary/aromatic N) is 1. The van der Waals surface area contributed by atoms with E-state index >= 15 is 0 Å². The van der Waals surface area contributed by atoms with Gasteiger partial charge in [-0.3, -0.25) is 0 Å². The fourth-order valence-corrected chi connectivity index (χ4v) is 4.98. The number of alkyl halides is 6. The van der Waals surface area contributed by atoms with Crippen LogP contribution in [0, 0.1) is 0 Å². The molecule has 0 amide bonds. The Balaban J connectivity index is 0.000000676. The third-order valence-corrected chi connectivity index (χ3v) is 7.21. The number of carboxylic acid groups (broad SMARTS) is 2. The van der Waals surface area contributed by atoms with Crippen molar-refractivity contribution in [1.29, 1.82) is 0 Å². The number of aliphatic hydroxyl groups is 1. The molecule has 2 aliphatic heterocycles. The zero-order chi connectivity index (χ0) is 32.9. The van der Waals surface area contributed by atoms with E-state index in [0.717, 1.165) is 42.7 Å². The van der Waals surface area contributed by atoms with Gasteiger partial charge in [-0.1, -0.05) is 23.2 Å². The molecule has 0 aromatic heterocycles. The topological polar surface area (TPSA) is 126 Å². The number of aromatic carboxylic acids is 1. The average molecular weight is 678 g/mol. The highest BCUT2D eigenvalue weighted by Crippen LogP contribution is 2.42. The van der Waals surface area contributed by atoms with Gasteiger partial charge in [0, 0.05) is 50.0 Å². The van der Waals surface area contributed by atoms with Crippen LogP contribution in [0.2, 0.25) is 10.0 Å². The predicted molar refractivity (Wildman–Crippen MR) is 144 cm³/mol. The van der Waals surface area contributed by atoms with Crippen molar-refractivity contribution in [3.63, 3.8) is 0 Å². The summed E-state index contributed by atoms with van der Waals surface area (Å²) in [6, 6.07) is 7.79. The van der Waals surface area contributed by atoms with Crippen LogP contribution < -0.4 is 14.2 Å². The summed E-state index contributed by atoms with van der Waals surface area (Å²) in [5.74, 6) is -3.54. The molecule has 2 heterocycles. The Labute approximate surface area is 256 Å². The minimum Gasteiger partial charge on any atom is -0.492 e. The average Bonchev–Trinajstić information content (AvgIpc) is 3.26. The minimum absolute atomic E-state index is 0.138. The van der Waals surface area contributed by atoms with Gasteiger partial charge in [-0.2, -0.15) is 26.3 Å². The monoisotopic (exact) mass is 677 g/mol. The van der Waals surface area contributed by atoms with Crippen LogP contribution in [-0.4, -0.2) is 89.1 Å². The number of carboxylic acids is 2. The molecule has 3 N–H and O–H groups in total. The molecule has 17 heteroatoms. The number of benzene rings is 2. The van der Waals surface area contributed by atoms with Crippen molar-refractivity contribution in [2.45, 2.75) is 49.7 Å². The van der Waals surface area contributed by atoms with E-state index in [-0.39, 0.29) is 34.3 Å². The first-order chi connectivity index (χ1) is 20.4. The number of aliphatic hydroxyl groups excluding tert-OH is 1. The third-order valence-electron chi connectivity index (χ3n) is 6.68. The molecule has 1 atom stereocenters. The van der Waals surface area contributed by atoms with E-state index in [4.69, 9.17) is 47.3 Å². The Morgan fingerprint density at radius 2 is 1.64 bits per heavy atom. The number of rotatable bonds is 9. The summed E-state index contributed by atoms with van der Waals surface area (Å²) in [6.45, 7) is 0.760. The molecule has 0 aliphatic carbocycles. The second-order valence-electron chi connectivity index (χ2n) is 10.1. The van der Waals surface area contributed by atoms with Gasteiger partial charge in [0.25, 0.3) is 0 Å². The maximum Gasteiger partial charge on any atom is 0.490 e. The summed E-state index contributed by atoms with van der Waals surface area (Å²) >= 11 is 12.1. The van der Waals surface area contributed by atoms with Gasteiger partial charge in [0.05, 0.1) is 18.1 Å². The van der Waals surface area contributed by atoms with E-state index < -0.39 is 43.4 Å². The molecule has 4 rings (SSSR count). The number of β-amino-alcohol motifs (C(OH)–C–C–N with tert-alkyl or cyclic N) is 1. The highest BCUT2D eigenvalue weighted by Gasteiger charge is 2.42. The Morgan fingerprint density at radius 1 is 1.00 bits per heavy atom. The van der Waals surface area contributed by atoms with Gasteiger partial charge < -0.3 is 34.4 Å². The van der Waals surface area contributed by atoms with Gasteiger partial charge in [-0.25, -0.2) is 9.59 Å². The minimum atomic E-state index is -5.08. The summed E-state index contributed by atoms with van der Waals surface area (Å²) in [4.78, 5) is 22.6. The van der Waals surface area contributed by atoms with Gasteiger partial charge in [0.2, 0.25) is 0 Å². The lowest BCUT2D eigenvalue weighted by atomic mass is 9.87. The van der Waals surface area contributed by atoms with E-state index in [2.05, 4.69) is 4.90 Å². The molecule has 244 valence electrons. The SMILES string of the molecule is O=C(O)C(F)(F)F.O=C(O)c1cc(Cl)c(OCCC(F)(F)F)cc1OC[C@H](O)CN1CCC2(CC1)Cc1cc(Cl)ccc1O2. The van der Waals surface area contributed by atoms with Gasteiger partial charge in [0.15, 0.2) is 0 Å². The number of carbonyl (C=O) groups is 2. The van der Waals surface area contributed by atoms with E-state index in [1.807, 2.05) is 12.1 Å². The normalized spacial score (nSPS) is 16.8. The van der Waals surface area contributed by atoms with Gasteiger partial charge >= 0.3 is 24.3 Å². The first-order valence-corrected chi connectivity index (χ1v) is 13.7. The number of piperidine rings is 1. The first kappa shape index (κ1) is 35.3. The fourth-order valence-electron chi connectivity index (χ4n) is 4.57. The Kier molecular flexibility index (Phi) is 11.5. The van der Waals surface area contributed by atoms with Crippen molar-refractivity contribution >= 4 is 35.1 Å². The van der Waals surface area contributed by atoms with Crippen LogP contribution in [0.3, 0.4) is 0 Å². The van der Waals surface area contributed by atoms with Gasteiger partial charge in [-0.05, 0) is 29.8 Å². The Hall–Kier alpha value is -3.14. The molecular weight excluding hydrogens is 651 g/mol. The molecule has 0 radical (unpaired) electrons. The first-order valence-electron chi connectivity index (χ1n) is 12.9. The lowest BCUT2D eigenvalue weighted by Crippen LogP contribution is -2.49. The lowest BCUT2D eigenvalue weighted by Gasteiger charge is -2.39.